The van der Waals surface area contributed by atoms with E-state index in [-0.39, 0.29) is 0 Å². The van der Waals surface area contributed by atoms with Gasteiger partial charge in [0.25, 0.3) is 0 Å². The van der Waals surface area contributed by atoms with Crippen molar-refractivity contribution in [1.29, 1.82) is 0 Å². The first kappa shape index (κ1) is 9.02. The highest BCUT2D eigenvalue weighted by Crippen LogP contribution is 2.30. The fourth-order valence-corrected chi connectivity index (χ4v) is 2.61. The Bertz CT molecular complexity index is 270. The molecule has 1 fully saturated rings. The van der Waals surface area contributed by atoms with Crippen LogP contribution in [0.2, 0.25) is 0 Å². The highest BCUT2D eigenvalue weighted by Gasteiger charge is 2.22. The van der Waals surface area contributed by atoms with Gasteiger partial charge in [0.2, 0.25) is 5.89 Å². The molecular weight excluding hydrogens is 186 g/mol. The maximum atomic E-state index is 5.08. The van der Waals surface area contributed by atoms with Crippen LogP contribution in [0.3, 0.4) is 0 Å². The van der Waals surface area contributed by atoms with Crippen LogP contribution in [0.5, 0.6) is 0 Å². The molecule has 2 heterocycles. The lowest BCUT2D eigenvalue weighted by Crippen LogP contribution is -2.05. The Morgan fingerprint density at radius 2 is 2.62 bits per heavy atom. The maximum Gasteiger partial charge on any atom is 0.240 e. The van der Waals surface area contributed by atoms with Gasteiger partial charge >= 0.3 is 0 Å². The van der Waals surface area contributed by atoms with E-state index in [1.165, 1.54) is 12.2 Å². The largest absolute Gasteiger partial charge is 0.338 e. The molecule has 1 unspecified atom stereocenters. The lowest BCUT2D eigenvalue weighted by Gasteiger charge is -1.98. The Morgan fingerprint density at radius 1 is 1.69 bits per heavy atom. The van der Waals surface area contributed by atoms with Gasteiger partial charge in [-0.1, -0.05) is 5.16 Å². The molecule has 1 N–H and O–H groups in total. The third-order valence-electron chi connectivity index (χ3n) is 2.11. The smallest absolute Gasteiger partial charge is 0.240 e. The summed E-state index contributed by atoms with van der Waals surface area (Å²) in [5.41, 5.74) is 0. The van der Waals surface area contributed by atoms with Gasteiger partial charge in [-0.05, 0) is 19.2 Å². The van der Waals surface area contributed by atoms with Crippen molar-refractivity contribution in [2.24, 2.45) is 0 Å². The quantitative estimate of drug-likeness (QED) is 0.787. The summed E-state index contributed by atoms with van der Waals surface area (Å²) in [5.74, 6) is 4.45. The Morgan fingerprint density at radius 3 is 3.31 bits per heavy atom. The minimum atomic E-state index is 0.513. The van der Waals surface area contributed by atoms with E-state index in [0.29, 0.717) is 18.4 Å². The average molecular weight is 199 g/mol. The number of thioether (sulfide) groups is 1. The first-order chi connectivity index (χ1) is 6.40. The second-order valence-electron chi connectivity index (χ2n) is 3.14. The standard InChI is InChI=1S/C8H13N3OS/c1-9-4-7-10-8(11-12-7)6-2-3-13-5-6/h6,9H,2-5H2,1H3. The van der Waals surface area contributed by atoms with Crippen molar-refractivity contribution in [2.45, 2.75) is 18.9 Å². The number of nitrogens with zero attached hydrogens (tertiary/aromatic N) is 2. The van der Waals surface area contributed by atoms with Crippen molar-refractivity contribution < 1.29 is 4.52 Å². The fourth-order valence-electron chi connectivity index (χ4n) is 1.40. The van der Waals surface area contributed by atoms with E-state index >= 15 is 0 Å². The van der Waals surface area contributed by atoms with E-state index in [1.54, 1.807) is 0 Å². The number of nitrogens with one attached hydrogen (secondary N) is 1. The van der Waals surface area contributed by atoms with E-state index < -0.39 is 0 Å². The molecule has 4 nitrogen and oxygen atoms in total. The zero-order valence-corrected chi connectivity index (χ0v) is 8.43. The maximum absolute atomic E-state index is 5.08. The molecule has 0 radical (unpaired) electrons. The van der Waals surface area contributed by atoms with E-state index in [1.807, 2.05) is 18.8 Å². The van der Waals surface area contributed by atoms with Crippen molar-refractivity contribution >= 4 is 11.8 Å². The molecule has 1 aliphatic heterocycles. The summed E-state index contributed by atoms with van der Waals surface area (Å²) in [6.45, 7) is 0.660. The molecule has 0 aliphatic carbocycles. The lowest BCUT2D eigenvalue weighted by molar-refractivity contribution is 0.365. The van der Waals surface area contributed by atoms with Crippen molar-refractivity contribution in [3.05, 3.63) is 11.7 Å². The molecule has 0 saturated carbocycles. The van der Waals surface area contributed by atoms with Crippen molar-refractivity contribution in [3.8, 4) is 0 Å². The van der Waals surface area contributed by atoms with E-state index in [9.17, 15) is 0 Å². The molecule has 1 aromatic rings. The molecule has 5 heteroatoms. The van der Waals surface area contributed by atoms with Crippen LogP contribution in [0.25, 0.3) is 0 Å². The molecular formula is C8H13N3OS. The van der Waals surface area contributed by atoms with Crippen molar-refractivity contribution in [1.82, 2.24) is 15.5 Å². The Balaban J connectivity index is 2.03. The van der Waals surface area contributed by atoms with Crippen LogP contribution in [0.15, 0.2) is 4.52 Å². The Labute approximate surface area is 81.5 Å². The topological polar surface area (TPSA) is 51.0 Å². The molecule has 0 spiro atoms. The van der Waals surface area contributed by atoms with Gasteiger partial charge in [-0.25, -0.2) is 0 Å². The molecule has 0 bridgehead atoms. The predicted molar refractivity (Wildman–Crippen MR) is 51.7 cm³/mol. The molecule has 1 saturated heterocycles. The number of hydrogen-bond donors (Lipinski definition) is 1. The van der Waals surface area contributed by atoms with Crippen molar-refractivity contribution in [3.63, 3.8) is 0 Å². The van der Waals surface area contributed by atoms with Crippen LogP contribution in [0.4, 0.5) is 0 Å². The highest BCUT2D eigenvalue weighted by atomic mass is 32.2. The molecule has 0 aromatic carbocycles. The molecule has 1 atom stereocenters. The van der Waals surface area contributed by atoms with Crippen LogP contribution in [-0.4, -0.2) is 28.7 Å². The van der Waals surface area contributed by atoms with Crippen LogP contribution in [-0.2, 0) is 6.54 Å². The summed E-state index contributed by atoms with van der Waals surface area (Å²) < 4.78 is 5.08. The van der Waals surface area contributed by atoms with E-state index in [4.69, 9.17) is 4.52 Å². The summed E-state index contributed by atoms with van der Waals surface area (Å²) >= 11 is 1.96. The molecule has 13 heavy (non-hydrogen) atoms. The number of rotatable bonds is 3. The van der Waals surface area contributed by atoms with E-state index in [0.717, 1.165) is 11.6 Å². The van der Waals surface area contributed by atoms with E-state index in [2.05, 4.69) is 15.5 Å². The predicted octanol–water partition coefficient (Wildman–Crippen LogP) is 1.01. The zero-order valence-electron chi connectivity index (χ0n) is 7.62. The minimum Gasteiger partial charge on any atom is -0.338 e. The summed E-state index contributed by atoms with van der Waals surface area (Å²) in [6, 6.07) is 0. The second kappa shape index (κ2) is 4.11. The van der Waals surface area contributed by atoms with Gasteiger partial charge in [-0.2, -0.15) is 16.7 Å². The summed E-state index contributed by atoms with van der Waals surface area (Å²) in [6.07, 6.45) is 1.18. The van der Waals surface area contributed by atoms with Gasteiger partial charge in [-0.15, -0.1) is 0 Å². The van der Waals surface area contributed by atoms with Crippen LogP contribution in [0.1, 0.15) is 24.1 Å². The number of aromatic nitrogens is 2. The van der Waals surface area contributed by atoms with Gasteiger partial charge in [0.1, 0.15) is 0 Å². The highest BCUT2D eigenvalue weighted by molar-refractivity contribution is 7.99. The third-order valence-corrected chi connectivity index (χ3v) is 3.27. The van der Waals surface area contributed by atoms with Gasteiger partial charge < -0.3 is 9.84 Å². The average Bonchev–Trinajstić information content (AvgIpc) is 2.70. The minimum absolute atomic E-state index is 0.513. The number of hydrogen-bond acceptors (Lipinski definition) is 5. The summed E-state index contributed by atoms with van der Waals surface area (Å²) in [4.78, 5) is 4.33. The Hall–Kier alpha value is -0.550. The van der Waals surface area contributed by atoms with Crippen LogP contribution >= 0.6 is 11.8 Å². The van der Waals surface area contributed by atoms with Crippen LogP contribution in [0, 0.1) is 0 Å². The second-order valence-corrected chi connectivity index (χ2v) is 4.29. The first-order valence-corrected chi connectivity index (χ1v) is 5.60. The molecule has 2 rings (SSSR count). The Kier molecular flexibility index (Phi) is 2.85. The van der Waals surface area contributed by atoms with Gasteiger partial charge in [-0.3, -0.25) is 0 Å². The summed E-state index contributed by atoms with van der Waals surface area (Å²) in [7, 11) is 1.87. The molecule has 1 aliphatic rings. The van der Waals surface area contributed by atoms with Crippen molar-refractivity contribution in [2.75, 3.05) is 18.6 Å². The fraction of sp³-hybridized carbons (Fsp3) is 0.750. The summed E-state index contributed by atoms with van der Waals surface area (Å²) in [5, 5.41) is 6.96. The normalized spacial score (nSPS) is 22.4. The van der Waals surface area contributed by atoms with Gasteiger partial charge in [0.05, 0.1) is 6.54 Å². The zero-order chi connectivity index (χ0) is 9.10. The third kappa shape index (κ3) is 2.03. The van der Waals surface area contributed by atoms with Gasteiger partial charge in [0, 0.05) is 11.7 Å². The molecule has 72 valence electrons. The first-order valence-electron chi connectivity index (χ1n) is 4.45. The van der Waals surface area contributed by atoms with Crippen LogP contribution < -0.4 is 5.32 Å². The monoisotopic (exact) mass is 199 g/mol. The molecule has 1 aromatic heterocycles. The van der Waals surface area contributed by atoms with Gasteiger partial charge in [0.15, 0.2) is 5.82 Å². The molecule has 0 amide bonds. The lowest BCUT2D eigenvalue weighted by atomic mass is 10.1. The SMILES string of the molecule is CNCc1nc(C2CCSC2)no1.